The van der Waals surface area contributed by atoms with Gasteiger partial charge >= 0.3 is 12.0 Å². The summed E-state index contributed by atoms with van der Waals surface area (Å²) in [5.41, 5.74) is 0.232. The third kappa shape index (κ3) is 5.37. The number of benzene rings is 1. The zero-order chi connectivity index (χ0) is 18.4. The first-order valence-electron chi connectivity index (χ1n) is 8.09. The number of esters is 1. The van der Waals surface area contributed by atoms with Gasteiger partial charge in [-0.1, -0.05) is 0 Å². The molecule has 8 nitrogen and oxygen atoms in total. The first-order valence-corrected chi connectivity index (χ1v) is 8.09. The Kier molecular flexibility index (Phi) is 6.21. The summed E-state index contributed by atoms with van der Waals surface area (Å²) in [5, 5.41) is 4.63. The molecular weight excluding hydrogens is 328 g/mol. The highest BCUT2D eigenvalue weighted by Gasteiger charge is 2.22. The topological polar surface area (TPSA) is 103 Å². The number of amides is 3. The third-order valence-corrected chi connectivity index (χ3v) is 3.29. The van der Waals surface area contributed by atoms with E-state index >= 15 is 0 Å². The van der Waals surface area contributed by atoms with Crippen LogP contribution >= 0.6 is 0 Å². The van der Waals surface area contributed by atoms with E-state index in [-0.39, 0.29) is 11.6 Å². The molecule has 0 aromatic heterocycles. The minimum absolute atomic E-state index is 0.118. The molecule has 0 saturated carbocycles. The molecule has 0 spiro atoms. The van der Waals surface area contributed by atoms with Crippen LogP contribution < -0.4 is 20.1 Å². The van der Waals surface area contributed by atoms with Crippen molar-refractivity contribution in [2.75, 3.05) is 13.2 Å². The molecule has 1 aromatic rings. The Hall–Kier alpha value is -2.77. The summed E-state index contributed by atoms with van der Waals surface area (Å²) < 4.78 is 16.1. The van der Waals surface area contributed by atoms with Gasteiger partial charge in [0.2, 0.25) is 0 Å². The van der Waals surface area contributed by atoms with Crippen molar-refractivity contribution in [3.63, 3.8) is 0 Å². The van der Waals surface area contributed by atoms with Crippen LogP contribution in [-0.2, 0) is 9.53 Å². The molecule has 0 bridgehead atoms. The van der Waals surface area contributed by atoms with Crippen LogP contribution in [0.25, 0.3) is 0 Å². The highest BCUT2D eigenvalue weighted by atomic mass is 16.5. The second-order valence-electron chi connectivity index (χ2n) is 5.88. The van der Waals surface area contributed by atoms with E-state index in [0.717, 1.165) is 6.42 Å². The molecule has 1 aliphatic heterocycles. The Bertz CT molecular complexity index is 659. The number of urea groups is 1. The van der Waals surface area contributed by atoms with Crippen LogP contribution in [0.4, 0.5) is 4.79 Å². The first kappa shape index (κ1) is 18.6. The number of hydrogen-bond acceptors (Lipinski definition) is 6. The molecule has 8 heteroatoms. The lowest BCUT2D eigenvalue weighted by atomic mass is 10.2. The van der Waals surface area contributed by atoms with E-state index in [1.807, 2.05) is 0 Å². The summed E-state index contributed by atoms with van der Waals surface area (Å²) in [5.74, 6) is -0.381. The van der Waals surface area contributed by atoms with Crippen molar-refractivity contribution in [2.24, 2.45) is 0 Å². The fourth-order valence-corrected chi connectivity index (χ4v) is 2.08. The number of ether oxygens (including phenoxy) is 3. The van der Waals surface area contributed by atoms with Crippen molar-refractivity contribution in [3.8, 4) is 11.5 Å². The van der Waals surface area contributed by atoms with Gasteiger partial charge in [0.15, 0.2) is 17.6 Å². The molecular formula is C17H22N2O6. The molecule has 0 aliphatic carbocycles. The number of fused-ring (bicyclic) bond motifs is 1. The smallest absolute Gasteiger partial charge is 0.339 e. The summed E-state index contributed by atoms with van der Waals surface area (Å²) in [6.07, 6.45) is -0.370. The lowest BCUT2D eigenvalue weighted by Crippen LogP contribution is -2.46. The molecule has 0 unspecified atom stereocenters. The molecule has 136 valence electrons. The summed E-state index contributed by atoms with van der Waals surface area (Å²) in [7, 11) is 0. The molecule has 2 N–H and O–H groups in total. The first-order chi connectivity index (χ1) is 11.9. The van der Waals surface area contributed by atoms with Crippen molar-refractivity contribution in [1.29, 1.82) is 0 Å². The second kappa shape index (κ2) is 8.36. The van der Waals surface area contributed by atoms with Crippen LogP contribution in [0, 0.1) is 0 Å². The monoisotopic (exact) mass is 350 g/mol. The standard InChI is InChI=1S/C17H22N2O6/c1-10(2)18-17(22)19-15(20)11(3)25-16(21)12-5-6-13-14(9-12)24-8-4-7-23-13/h5-6,9-11H,4,7-8H2,1-3H3,(H2,18,19,20,22)/t11-/m0/s1. The Morgan fingerprint density at radius 1 is 1.08 bits per heavy atom. The summed E-state index contributed by atoms with van der Waals surface area (Å²) >= 11 is 0. The fourth-order valence-electron chi connectivity index (χ4n) is 2.08. The Labute approximate surface area is 145 Å². The van der Waals surface area contributed by atoms with Gasteiger partial charge in [0.05, 0.1) is 18.8 Å². The molecule has 25 heavy (non-hydrogen) atoms. The van der Waals surface area contributed by atoms with Crippen molar-refractivity contribution in [3.05, 3.63) is 23.8 Å². The van der Waals surface area contributed by atoms with Crippen LogP contribution in [0.5, 0.6) is 11.5 Å². The van der Waals surface area contributed by atoms with E-state index in [0.29, 0.717) is 24.7 Å². The number of hydrogen-bond donors (Lipinski definition) is 2. The van der Waals surface area contributed by atoms with Crippen LogP contribution in [0.1, 0.15) is 37.6 Å². The zero-order valence-corrected chi connectivity index (χ0v) is 14.5. The molecule has 0 saturated heterocycles. The van der Waals surface area contributed by atoms with Crippen LogP contribution in [0.2, 0.25) is 0 Å². The number of carbonyl (C=O) groups excluding carboxylic acids is 3. The Morgan fingerprint density at radius 2 is 1.76 bits per heavy atom. The van der Waals surface area contributed by atoms with Crippen molar-refractivity contribution in [2.45, 2.75) is 39.3 Å². The lowest BCUT2D eigenvalue weighted by molar-refractivity contribution is -0.127. The molecule has 0 radical (unpaired) electrons. The van der Waals surface area contributed by atoms with Crippen LogP contribution in [-0.4, -0.2) is 43.3 Å². The highest BCUT2D eigenvalue weighted by Crippen LogP contribution is 2.30. The maximum atomic E-state index is 12.2. The molecule has 2 rings (SSSR count). The maximum Gasteiger partial charge on any atom is 0.339 e. The second-order valence-corrected chi connectivity index (χ2v) is 5.88. The van der Waals surface area contributed by atoms with Gasteiger partial charge in [-0.25, -0.2) is 9.59 Å². The van der Waals surface area contributed by atoms with Gasteiger partial charge in [-0.3, -0.25) is 10.1 Å². The summed E-state index contributed by atoms with van der Waals surface area (Å²) in [6, 6.07) is 3.91. The molecule has 1 atom stereocenters. The van der Waals surface area contributed by atoms with Gasteiger partial charge in [0, 0.05) is 12.5 Å². The van der Waals surface area contributed by atoms with Gasteiger partial charge in [0.25, 0.3) is 5.91 Å². The minimum Gasteiger partial charge on any atom is -0.490 e. The fraction of sp³-hybridized carbons (Fsp3) is 0.471. The SMILES string of the molecule is CC(C)NC(=O)NC(=O)[C@H](C)OC(=O)c1ccc2c(c1)OCCCO2. The van der Waals surface area contributed by atoms with Crippen molar-refractivity contribution >= 4 is 17.9 Å². The number of imide groups is 1. The molecule has 0 fully saturated rings. The quantitative estimate of drug-likeness (QED) is 0.800. The van der Waals surface area contributed by atoms with Crippen molar-refractivity contribution < 1.29 is 28.6 Å². The number of rotatable bonds is 4. The van der Waals surface area contributed by atoms with E-state index in [1.165, 1.54) is 19.1 Å². The van der Waals surface area contributed by atoms with Gasteiger partial charge in [0.1, 0.15) is 0 Å². The molecule has 1 aliphatic rings. The predicted octanol–water partition coefficient (Wildman–Crippen LogP) is 1.63. The molecule has 1 aromatic carbocycles. The average Bonchev–Trinajstić information content (AvgIpc) is 2.78. The van der Waals surface area contributed by atoms with E-state index in [9.17, 15) is 14.4 Å². The van der Waals surface area contributed by atoms with Gasteiger partial charge in [-0.05, 0) is 39.0 Å². The van der Waals surface area contributed by atoms with Gasteiger partial charge in [-0.2, -0.15) is 0 Å². The Balaban J connectivity index is 1.95. The largest absolute Gasteiger partial charge is 0.490 e. The zero-order valence-electron chi connectivity index (χ0n) is 14.5. The van der Waals surface area contributed by atoms with Gasteiger partial charge < -0.3 is 19.5 Å². The average molecular weight is 350 g/mol. The van der Waals surface area contributed by atoms with E-state index in [4.69, 9.17) is 14.2 Å². The number of carbonyl (C=O) groups is 3. The lowest BCUT2D eigenvalue weighted by Gasteiger charge is -2.15. The van der Waals surface area contributed by atoms with Crippen LogP contribution in [0.15, 0.2) is 18.2 Å². The minimum atomic E-state index is -1.12. The normalized spacial score (nSPS) is 14.2. The number of nitrogens with one attached hydrogen (secondary N) is 2. The molecule has 1 heterocycles. The van der Waals surface area contributed by atoms with E-state index in [1.54, 1.807) is 19.9 Å². The van der Waals surface area contributed by atoms with Crippen molar-refractivity contribution in [1.82, 2.24) is 10.6 Å². The van der Waals surface area contributed by atoms with E-state index < -0.39 is 24.0 Å². The Morgan fingerprint density at radius 3 is 2.44 bits per heavy atom. The summed E-state index contributed by atoms with van der Waals surface area (Å²) in [6.45, 7) is 5.95. The van der Waals surface area contributed by atoms with Crippen LogP contribution in [0.3, 0.4) is 0 Å². The highest BCUT2D eigenvalue weighted by molar-refractivity contribution is 5.98. The third-order valence-electron chi connectivity index (χ3n) is 3.29. The van der Waals surface area contributed by atoms with Gasteiger partial charge in [-0.15, -0.1) is 0 Å². The maximum absolute atomic E-state index is 12.2. The van der Waals surface area contributed by atoms with E-state index in [2.05, 4.69) is 10.6 Å². The predicted molar refractivity (Wildman–Crippen MR) is 88.7 cm³/mol. The molecule has 3 amide bonds. The summed E-state index contributed by atoms with van der Waals surface area (Å²) in [4.78, 5) is 35.6.